The molecule has 0 atom stereocenters. The van der Waals surface area contributed by atoms with Crippen molar-refractivity contribution >= 4 is 38.9 Å². The summed E-state index contributed by atoms with van der Waals surface area (Å²) in [7, 11) is 0. The van der Waals surface area contributed by atoms with Crippen LogP contribution in [0.15, 0.2) is 20.4 Å². The molecule has 0 aliphatic heterocycles. The minimum atomic E-state index is 0.274. The number of thiophene rings is 1. The zero-order valence-corrected chi connectivity index (χ0v) is 9.49. The minimum Gasteiger partial charge on any atom is -0.333 e. The van der Waals surface area contributed by atoms with E-state index in [4.69, 9.17) is 16.1 Å². The van der Waals surface area contributed by atoms with Gasteiger partial charge in [0.15, 0.2) is 5.82 Å². The lowest BCUT2D eigenvalue weighted by molar-refractivity contribution is 0.426. The zero-order valence-electron chi connectivity index (χ0n) is 6.33. The van der Waals surface area contributed by atoms with Crippen molar-refractivity contribution in [2.24, 2.45) is 0 Å². The van der Waals surface area contributed by atoms with E-state index in [1.807, 2.05) is 12.1 Å². The average molecular weight is 280 g/mol. The fraction of sp³-hybridized carbons (Fsp3) is 0.143. The molecule has 6 heteroatoms. The highest BCUT2D eigenvalue weighted by Gasteiger charge is 2.09. The lowest BCUT2D eigenvalue weighted by Crippen LogP contribution is -1.78. The van der Waals surface area contributed by atoms with Gasteiger partial charge < -0.3 is 4.52 Å². The van der Waals surface area contributed by atoms with E-state index < -0.39 is 0 Å². The highest BCUT2D eigenvalue weighted by Crippen LogP contribution is 2.29. The topological polar surface area (TPSA) is 38.9 Å². The lowest BCUT2D eigenvalue weighted by atomic mass is 10.5. The quantitative estimate of drug-likeness (QED) is 0.792. The van der Waals surface area contributed by atoms with Crippen molar-refractivity contribution in [3.8, 4) is 10.8 Å². The Morgan fingerprint density at radius 1 is 1.54 bits per heavy atom. The molecule has 2 aromatic rings. The third-order valence-electron chi connectivity index (χ3n) is 1.37. The number of aromatic nitrogens is 2. The summed E-state index contributed by atoms with van der Waals surface area (Å²) in [5.74, 6) is 1.31. The van der Waals surface area contributed by atoms with E-state index in [0.717, 1.165) is 8.66 Å². The molecule has 0 unspecified atom stereocenters. The summed E-state index contributed by atoms with van der Waals surface area (Å²) in [6.45, 7) is 0. The van der Waals surface area contributed by atoms with E-state index in [1.165, 1.54) is 0 Å². The van der Waals surface area contributed by atoms with E-state index in [9.17, 15) is 0 Å². The molecular weight excluding hydrogens is 276 g/mol. The van der Waals surface area contributed by atoms with Gasteiger partial charge in [0.1, 0.15) is 0 Å². The van der Waals surface area contributed by atoms with Gasteiger partial charge in [0.25, 0.3) is 5.89 Å². The molecule has 0 saturated carbocycles. The van der Waals surface area contributed by atoms with Crippen molar-refractivity contribution in [1.82, 2.24) is 10.1 Å². The molecule has 0 radical (unpaired) electrons. The molecule has 68 valence electrons. The van der Waals surface area contributed by atoms with Crippen molar-refractivity contribution in [3.05, 3.63) is 21.7 Å². The predicted molar refractivity (Wildman–Crippen MR) is 54.9 cm³/mol. The second-order valence-corrected chi connectivity index (χ2v) is 4.98. The average Bonchev–Trinajstić information content (AvgIpc) is 2.71. The lowest BCUT2D eigenvalue weighted by Gasteiger charge is -1.82. The number of halogens is 2. The molecule has 0 aliphatic rings. The number of nitrogens with zero attached hydrogens (tertiary/aromatic N) is 2. The van der Waals surface area contributed by atoms with E-state index in [-0.39, 0.29) is 5.88 Å². The van der Waals surface area contributed by atoms with E-state index in [2.05, 4.69) is 26.1 Å². The summed E-state index contributed by atoms with van der Waals surface area (Å²) < 4.78 is 6.03. The highest BCUT2D eigenvalue weighted by molar-refractivity contribution is 9.11. The van der Waals surface area contributed by atoms with Gasteiger partial charge in [0, 0.05) is 0 Å². The molecule has 3 nitrogen and oxygen atoms in total. The monoisotopic (exact) mass is 278 g/mol. The first-order valence-corrected chi connectivity index (χ1v) is 5.58. The maximum atomic E-state index is 5.54. The number of alkyl halides is 1. The van der Waals surface area contributed by atoms with Crippen LogP contribution in [0.4, 0.5) is 0 Å². The molecule has 0 aliphatic carbocycles. The van der Waals surface area contributed by atoms with Gasteiger partial charge in [0.2, 0.25) is 0 Å². The van der Waals surface area contributed by atoms with Crippen molar-refractivity contribution in [3.63, 3.8) is 0 Å². The molecule has 0 spiro atoms. The van der Waals surface area contributed by atoms with E-state index >= 15 is 0 Å². The maximum absolute atomic E-state index is 5.54. The molecule has 0 amide bonds. The van der Waals surface area contributed by atoms with Crippen LogP contribution >= 0.6 is 38.9 Å². The van der Waals surface area contributed by atoms with Gasteiger partial charge in [-0.3, -0.25) is 0 Å². The molecular formula is C7H4BrClN2OS. The number of hydrogen-bond acceptors (Lipinski definition) is 4. The van der Waals surface area contributed by atoms with Gasteiger partial charge in [-0.05, 0) is 28.1 Å². The maximum Gasteiger partial charge on any atom is 0.268 e. The van der Waals surface area contributed by atoms with E-state index in [0.29, 0.717) is 11.7 Å². The number of hydrogen-bond donors (Lipinski definition) is 0. The second kappa shape index (κ2) is 3.77. The molecule has 0 bridgehead atoms. The summed E-state index contributed by atoms with van der Waals surface area (Å²) >= 11 is 10.4. The van der Waals surface area contributed by atoms with Crippen LogP contribution in [0, 0.1) is 0 Å². The van der Waals surface area contributed by atoms with Crippen LogP contribution in [0.2, 0.25) is 0 Å². The van der Waals surface area contributed by atoms with Gasteiger partial charge in [-0.15, -0.1) is 22.9 Å². The Balaban J connectivity index is 2.35. The summed E-state index contributed by atoms with van der Waals surface area (Å²) in [6.07, 6.45) is 0. The SMILES string of the molecule is ClCc1noc(-c2ccc(Br)s2)n1. The van der Waals surface area contributed by atoms with Gasteiger partial charge in [0.05, 0.1) is 14.5 Å². The highest BCUT2D eigenvalue weighted by atomic mass is 79.9. The third kappa shape index (κ3) is 1.92. The van der Waals surface area contributed by atoms with Gasteiger partial charge in [-0.1, -0.05) is 5.16 Å². The van der Waals surface area contributed by atoms with Gasteiger partial charge in [-0.2, -0.15) is 4.98 Å². The van der Waals surface area contributed by atoms with Crippen molar-refractivity contribution in [1.29, 1.82) is 0 Å². The Morgan fingerprint density at radius 3 is 2.92 bits per heavy atom. The van der Waals surface area contributed by atoms with Crippen LogP contribution in [0.3, 0.4) is 0 Å². The van der Waals surface area contributed by atoms with Crippen LogP contribution in [0.25, 0.3) is 10.8 Å². The second-order valence-electron chi connectivity index (χ2n) is 2.25. The molecule has 2 heterocycles. The summed E-state index contributed by atoms with van der Waals surface area (Å²) in [5, 5.41) is 3.69. The molecule has 2 rings (SSSR count). The fourth-order valence-corrected chi connectivity index (χ4v) is 2.25. The largest absolute Gasteiger partial charge is 0.333 e. The first kappa shape index (κ1) is 9.18. The molecule has 0 aromatic carbocycles. The first-order chi connectivity index (χ1) is 6.29. The molecule has 13 heavy (non-hydrogen) atoms. The van der Waals surface area contributed by atoms with Crippen LogP contribution in [0.5, 0.6) is 0 Å². The minimum absolute atomic E-state index is 0.274. The Morgan fingerprint density at radius 2 is 2.38 bits per heavy atom. The first-order valence-electron chi connectivity index (χ1n) is 3.44. The van der Waals surface area contributed by atoms with Crippen LogP contribution in [0.1, 0.15) is 5.82 Å². The fourth-order valence-electron chi connectivity index (χ4n) is 0.838. The molecule has 0 saturated heterocycles. The molecule has 0 fully saturated rings. The van der Waals surface area contributed by atoms with Crippen molar-refractivity contribution < 1.29 is 4.52 Å². The van der Waals surface area contributed by atoms with Crippen LogP contribution < -0.4 is 0 Å². The van der Waals surface area contributed by atoms with E-state index in [1.54, 1.807) is 11.3 Å². The standard InChI is InChI=1S/C7H4BrClN2OS/c8-5-2-1-4(13-5)7-10-6(3-9)11-12-7/h1-2H,3H2. The Hall–Kier alpha value is -0.390. The summed E-state index contributed by atoms with van der Waals surface area (Å²) in [5.41, 5.74) is 0. The normalized spacial score (nSPS) is 10.6. The number of rotatable bonds is 2. The summed E-state index contributed by atoms with van der Waals surface area (Å²) in [4.78, 5) is 5.03. The third-order valence-corrected chi connectivity index (χ3v) is 3.22. The smallest absolute Gasteiger partial charge is 0.268 e. The van der Waals surface area contributed by atoms with Gasteiger partial charge >= 0.3 is 0 Å². The Bertz CT molecular complexity index is 414. The zero-order chi connectivity index (χ0) is 9.26. The Kier molecular flexibility index (Phi) is 2.66. The Labute approximate surface area is 91.8 Å². The van der Waals surface area contributed by atoms with Crippen molar-refractivity contribution in [2.45, 2.75) is 5.88 Å². The molecule has 2 aromatic heterocycles. The summed E-state index contributed by atoms with van der Waals surface area (Å²) in [6, 6.07) is 3.85. The van der Waals surface area contributed by atoms with Gasteiger partial charge in [-0.25, -0.2) is 0 Å². The van der Waals surface area contributed by atoms with Crippen molar-refractivity contribution in [2.75, 3.05) is 0 Å². The van der Waals surface area contributed by atoms with Crippen LogP contribution in [-0.2, 0) is 5.88 Å². The predicted octanol–water partition coefficient (Wildman–Crippen LogP) is 3.30. The van der Waals surface area contributed by atoms with Crippen LogP contribution in [-0.4, -0.2) is 10.1 Å². The molecule has 0 N–H and O–H groups in total.